The third kappa shape index (κ3) is 4.23. The second kappa shape index (κ2) is 7.47. The maximum Gasteiger partial charge on any atom is 0.167 e. The van der Waals surface area contributed by atoms with E-state index in [1.54, 1.807) is 12.1 Å². The monoisotopic (exact) mass is 318 g/mol. The van der Waals surface area contributed by atoms with Crippen molar-refractivity contribution in [2.45, 2.75) is 13.0 Å². The van der Waals surface area contributed by atoms with Crippen LogP contribution in [0.2, 0.25) is 0 Å². The summed E-state index contributed by atoms with van der Waals surface area (Å²) in [6.07, 6.45) is 0.323. The van der Waals surface area contributed by atoms with Crippen LogP contribution in [-0.4, -0.2) is 10.9 Å². The number of rotatable bonds is 6. The van der Waals surface area contributed by atoms with Gasteiger partial charge in [0.2, 0.25) is 0 Å². The van der Waals surface area contributed by atoms with Crippen molar-refractivity contribution in [3.05, 3.63) is 95.6 Å². The number of hydrogen-bond acceptors (Lipinski definition) is 3. The number of benzene rings is 3. The van der Waals surface area contributed by atoms with Crippen LogP contribution in [0.1, 0.15) is 21.5 Å². The van der Waals surface area contributed by atoms with Crippen molar-refractivity contribution in [2.24, 2.45) is 0 Å². The summed E-state index contributed by atoms with van der Waals surface area (Å²) in [4.78, 5) is 12.2. The Morgan fingerprint density at radius 3 is 2.12 bits per heavy atom. The summed E-state index contributed by atoms with van der Waals surface area (Å²) < 4.78 is 5.74. The first-order chi connectivity index (χ1) is 11.7. The second-order valence-electron chi connectivity index (χ2n) is 5.57. The molecule has 0 atom stereocenters. The van der Waals surface area contributed by atoms with Gasteiger partial charge in [-0.05, 0) is 47.5 Å². The number of hydrogen-bond donors (Lipinski definition) is 1. The Balaban J connectivity index is 1.58. The van der Waals surface area contributed by atoms with E-state index < -0.39 is 0 Å². The summed E-state index contributed by atoms with van der Waals surface area (Å²) in [5.41, 5.74) is 2.64. The van der Waals surface area contributed by atoms with E-state index in [9.17, 15) is 9.90 Å². The number of aromatic hydroxyl groups is 1. The van der Waals surface area contributed by atoms with Gasteiger partial charge < -0.3 is 9.84 Å². The van der Waals surface area contributed by atoms with Crippen molar-refractivity contribution in [3.8, 4) is 11.5 Å². The largest absolute Gasteiger partial charge is 0.508 e. The van der Waals surface area contributed by atoms with Crippen LogP contribution in [0.5, 0.6) is 11.5 Å². The van der Waals surface area contributed by atoms with Crippen molar-refractivity contribution >= 4 is 5.78 Å². The maximum atomic E-state index is 12.2. The van der Waals surface area contributed by atoms with Crippen molar-refractivity contribution in [1.29, 1.82) is 0 Å². The molecule has 0 aliphatic heterocycles. The fourth-order valence-corrected chi connectivity index (χ4v) is 2.38. The molecule has 0 radical (unpaired) electrons. The van der Waals surface area contributed by atoms with E-state index >= 15 is 0 Å². The fourth-order valence-electron chi connectivity index (χ4n) is 2.38. The third-order valence-electron chi connectivity index (χ3n) is 3.73. The minimum Gasteiger partial charge on any atom is -0.508 e. The van der Waals surface area contributed by atoms with Crippen LogP contribution in [0.25, 0.3) is 0 Å². The molecule has 3 aromatic rings. The molecule has 0 amide bonds. The van der Waals surface area contributed by atoms with Crippen molar-refractivity contribution < 1.29 is 14.6 Å². The summed E-state index contributed by atoms with van der Waals surface area (Å²) in [6, 6.07) is 23.8. The minimum atomic E-state index is 0.0213. The van der Waals surface area contributed by atoms with Crippen LogP contribution in [0.3, 0.4) is 0 Å². The Morgan fingerprint density at radius 2 is 1.46 bits per heavy atom. The molecule has 0 saturated carbocycles. The molecule has 3 heteroatoms. The number of carbonyl (C=O) groups excluding carboxylic acids is 1. The van der Waals surface area contributed by atoms with Gasteiger partial charge in [0.1, 0.15) is 18.1 Å². The molecular formula is C21H18O3. The predicted octanol–water partition coefficient (Wildman–Crippen LogP) is 4.40. The molecule has 3 rings (SSSR count). The van der Waals surface area contributed by atoms with Gasteiger partial charge in [0.25, 0.3) is 0 Å². The van der Waals surface area contributed by atoms with Crippen LogP contribution < -0.4 is 4.74 Å². The Morgan fingerprint density at radius 1 is 0.792 bits per heavy atom. The fraction of sp³-hybridized carbons (Fsp3) is 0.0952. The molecule has 0 bridgehead atoms. The predicted molar refractivity (Wildman–Crippen MR) is 93.4 cm³/mol. The zero-order valence-corrected chi connectivity index (χ0v) is 13.2. The van der Waals surface area contributed by atoms with Crippen LogP contribution >= 0.6 is 0 Å². The van der Waals surface area contributed by atoms with Gasteiger partial charge in [0, 0.05) is 12.0 Å². The van der Waals surface area contributed by atoms with Crippen molar-refractivity contribution in [3.63, 3.8) is 0 Å². The van der Waals surface area contributed by atoms with E-state index in [0.29, 0.717) is 18.6 Å². The van der Waals surface area contributed by atoms with Gasteiger partial charge in [0.05, 0.1) is 0 Å². The second-order valence-corrected chi connectivity index (χ2v) is 5.57. The van der Waals surface area contributed by atoms with Gasteiger partial charge in [-0.25, -0.2) is 0 Å². The Labute approximate surface area is 141 Å². The van der Waals surface area contributed by atoms with E-state index in [2.05, 4.69) is 0 Å². The highest BCUT2D eigenvalue weighted by Crippen LogP contribution is 2.17. The Kier molecular flexibility index (Phi) is 4.92. The molecule has 3 aromatic carbocycles. The molecule has 120 valence electrons. The molecule has 0 unspecified atom stereocenters. The highest BCUT2D eigenvalue weighted by Gasteiger charge is 2.07. The first-order valence-corrected chi connectivity index (χ1v) is 7.78. The molecule has 0 fully saturated rings. The lowest BCUT2D eigenvalue weighted by Crippen LogP contribution is -2.03. The third-order valence-corrected chi connectivity index (χ3v) is 3.73. The minimum absolute atomic E-state index is 0.0213. The number of phenols is 1. The average Bonchev–Trinajstić information content (AvgIpc) is 2.62. The van der Waals surface area contributed by atoms with Gasteiger partial charge >= 0.3 is 0 Å². The first kappa shape index (κ1) is 15.8. The van der Waals surface area contributed by atoms with Gasteiger partial charge in [-0.3, -0.25) is 4.79 Å². The highest BCUT2D eigenvalue weighted by atomic mass is 16.5. The SMILES string of the molecule is O=C(Cc1ccc(OCc2ccccc2)cc1)c1ccc(O)cc1. The number of Topliss-reactive ketones (excluding diaryl/α,β-unsaturated/α-hetero) is 1. The molecule has 0 saturated heterocycles. The summed E-state index contributed by atoms with van der Waals surface area (Å²) >= 11 is 0. The lowest BCUT2D eigenvalue weighted by Gasteiger charge is -2.07. The van der Waals surface area contributed by atoms with Gasteiger partial charge in [0.15, 0.2) is 5.78 Å². The first-order valence-electron chi connectivity index (χ1n) is 7.78. The molecule has 24 heavy (non-hydrogen) atoms. The summed E-state index contributed by atoms with van der Waals surface area (Å²) in [5.74, 6) is 0.958. The quantitative estimate of drug-likeness (QED) is 0.685. The molecule has 3 nitrogen and oxygen atoms in total. The molecular weight excluding hydrogens is 300 g/mol. The summed E-state index contributed by atoms with van der Waals surface area (Å²) in [6.45, 7) is 0.520. The number of carbonyl (C=O) groups is 1. The topological polar surface area (TPSA) is 46.5 Å². The van der Waals surface area contributed by atoms with Crippen LogP contribution in [0, 0.1) is 0 Å². The van der Waals surface area contributed by atoms with Crippen LogP contribution in [0.4, 0.5) is 0 Å². The lowest BCUT2D eigenvalue weighted by atomic mass is 10.0. The summed E-state index contributed by atoms with van der Waals surface area (Å²) in [7, 11) is 0. The van der Waals surface area contributed by atoms with E-state index in [0.717, 1.165) is 16.9 Å². The normalized spacial score (nSPS) is 10.3. The van der Waals surface area contributed by atoms with E-state index in [1.807, 2.05) is 54.6 Å². The smallest absolute Gasteiger partial charge is 0.167 e. The molecule has 1 N–H and O–H groups in total. The van der Waals surface area contributed by atoms with E-state index in [-0.39, 0.29) is 11.5 Å². The van der Waals surface area contributed by atoms with Gasteiger partial charge in [-0.1, -0.05) is 42.5 Å². The van der Waals surface area contributed by atoms with Gasteiger partial charge in [-0.15, -0.1) is 0 Å². The highest BCUT2D eigenvalue weighted by molar-refractivity contribution is 5.97. The zero-order valence-electron chi connectivity index (χ0n) is 13.2. The van der Waals surface area contributed by atoms with Crippen molar-refractivity contribution in [1.82, 2.24) is 0 Å². The standard InChI is InChI=1S/C21H18O3/c22-19-10-8-18(9-11-19)21(23)14-16-6-12-20(13-7-16)24-15-17-4-2-1-3-5-17/h1-13,22H,14-15H2. The molecule has 0 heterocycles. The number of ether oxygens (including phenoxy) is 1. The molecule has 0 aliphatic carbocycles. The van der Waals surface area contributed by atoms with E-state index in [1.165, 1.54) is 12.1 Å². The molecule has 0 aromatic heterocycles. The van der Waals surface area contributed by atoms with Crippen molar-refractivity contribution in [2.75, 3.05) is 0 Å². The Bertz CT molecular complexity index is 791. The number of phenolic OH excluding ortho intramolecular Hbond substituents is 1. The Hall–Kier alpha value is -3.07. The van der Waals surface area contributed by atoms with Crippen LogP contribution in [0.15, 0.2) is 78.9 Å². The zero-order chi connectivity index (χ0) is 16.8. The maximum absolute atomic E-state index is 12.2. The molecule has 0 spiro atoms. The lowest BCUT2D eigenvalue weighted by molar-refractivity contribution is 0.0993. The summed E-state index contributed by atoms with van der Waals surface area (Å²) in [5, 5.41) is 9.27. The van der Waals surface area contributed by atoms with Crippen LogP contribution in [-0.2, 0) is 13.0 Å². The molecule has 0 aliphatic rings. The average molecular weight is 318 g/mol. The number of ketones is 1. The van der Waals surface area contributed by atoms with Gasteiger partial charge in [-0.2, -0.15) is 0 Å². The van der Waals surface area contributed by atoms with E-state index in [4.69, 9.17) is 4.74 Å².